The lowest BCUT2D eigenvalue weighted by molar-refractivity contribution is 0.600. The minimum absolute atomic E-state index is 0.668. The average Bonchev–Trinajstić information content (AvgIpc) is 2.34. The van der Waals surface area contributed by atoms with Gasteiger partial charge in [-0.25, -0.2) is 4.98 Å². The first-order valence-corrected chi connectivity index (χ1v) is 4.22. The molecule has 0 N–H and O–H groups in total. The number of hydrogen-bond donors (Lipinski definition) is 0. The van der Waals surface area contributed by atoms with E-state index in [1.54, 1.807) is 6.26 Å². The topological polar surface area (TPSA) is 38.9 Å². The number of furan rings is 1. The van der Waals surface area contributed by atoms with Crippen molar-refractivity contribution < 1.29 is 4.42 Å². The molecule has 0 radical (unpaired) electrons. The summed E-state index contributed by atoms with van der Waals surface area (Å²) in [5.74, 6) is 0.747. The Morgan fingerprint density at radius 3 is 3.09 bits per heavy atom. The Bertz CT molecular complexity index is 396. The van der Waals surface area contributed by atoms with Crippen molar-refractivity contribution in [3.05, 3.63) is 21.9 Å². The van der Waals surface area contributed by atoms with Gasteiger partial charge in [0.2, 0.25) is 5.71 Å². The van der Waals surface area contributed by atoms with Crippen LogP contribution in [0.1, 0.15) is 5.82 Å². The summed E-state index contributed by atoms with van der Waals surface area (Å²) in [5.41, 5.74) is 0.668. The van der Waals surface area contributed by atoms with Gasteiger partial charge in [-0.3, -0.25) is 0 Å². The van der Waals surface area contributed by atoms with Gasteiger partial charge in [-0.2, -0.15) is 4.98 Å². The summed E-state index contributed by atoms with van der Waals surface area (Å²) in [4.78, 5) is 8.30. The van der Waals surface area contributed by atoms with Crippen molar-refractivity contribution in [2.24, 2.45) is 0 Å². The number of aryl methyl sites for hydroxylation is 1. The molecule has 56 valence electrons. The van der Waals surface area contributed by atoms with Crippen LogP contribution in [0, 0.1) is 10.6 Å². The minimum Gasteiger partial charge on any atom is -0.446 e. The van der Waals surface area contributed by atoms with Crippen molar-refractivity contribution in [2.45, 2.75) is 6.92 Å². The van der Waals surface area contributed by atoms with Gasteiger partial charge in [0.25, 0.3) is 0 Å². The van der Waals surface area contributed by atoms with E-state index in [2.05, 4.69) is 32.6 Å². The van der Waals surface area contributed by atoms with Crippen LogP contribution in [-0.2, 0) is 0 Å². The van der Waals surface area contributed by atoms with Crippen LogP contribution in [0.3, 0.4) is 0 Å². The Morgan fingerprint density at radius 1 is 1.45 bits per heavy atom. The lowest BCUT2D eigenvalue weighted by Gasteiger charge is -1.92. The van der Waals surface area contributed by atoms with Crippen LogP contribution < -0.4 is 0 Å². The maximum absolute atomic E-state index is 5.12. The largest absolute Gasteiger partial charge is 0.446 e. The third-order valence-electron chi connectivity index (χ3n) is 1.39. The molecule has 2 rings (SSSR count). The Labute approximate surface area is 77.0 Å². The standard InChI is InChI=1S/C7H5IN2O/c1-4-9-6(8)5-2-3-11-7(5)10-4/h2-3H,1H3. The Hall–Kier alpha value is -0.650. The second-order valence-electron chi connectivity index (χ2n) is 2.20. The zero-order valence-electron chi connectivity index (χ0n) is 5.84. The van der Waals surface area contributed by atoms with E-state index in [1.165, 1.54) is 0 Å². The van der Waals surface area contributed by atoms with Crippen LogP contribution in [0.4, 0.5) is 0 Å². The maximum Gasteiger partial charge on any atom is 0.230 e. The van der Waals surface area contributed by atoms with Crippen molar-refractivity contribution in [3.63, 3.8) is 0 Å². The molecule has 2 heterocycles. The SMILES string of the molecule is Cc1nc(I)c2ccoc2n1. The van der Waals surface area contributed by atoms with Crippen LogP contribution in [0.25, 0.3) is 11.1 Å². The maximum atomic E-state index is 5.12. The smallest absolute Gasteiger partial charge is 0.230 e. The van der Waals surface area contributed by atoms with Gasteiger partial charge >= 0.3 is 0 Å². The summed E-state index contributed by atoms with van der Waals surface area (Å²) in [6.45, 7) is 1.85. The molecule has 0 atom stereocenters. The molecule has 0 aliphatic carbocycles. The average molecular weight is 260 g/mol. The first-order valence-electron chi connectivity index (χ1n) is 3.15. The van der Waals surface area contributed by atoms with Crippen molar-refractivity contribution in [2.75, 3.05) is 0 Å². The number of fused-ring (bicyclic) bond motifs is 1. The third kappa shape index (κ3) is 1.11. The zero-order chi connectivity index (χ0) is 7.84. The molecule has 0 aromatic carbocycles. The third-order valence-corrected chi connectivity index (χ3v) is 2.21. The summed E-state index contributed by atoms with van der Waals surface area (Å²) in [7, 11) is 0. The fraction of sp³-hybridized carbons (Fsp3) is 0.143. The molecule has 0 unspecified atom stereocenters. The molecular weight excluding hydrogens is 255 g/mol. The molecule has 11 heavy (non-hydrogen) atoms. The van der Waals surface area contributed by atoms with E-state index in [4.69, 9.17) is 4.42 Å². The highest BCUT2D eigenvalue weighted by Crippen LogP contribution is 2.17. The highest BCUT2D eigenvalue weighted by atomic mass is 127. The van der Waals surface area contributed by atoms with Gasteiger partial charge in [0.15, 0.2) is 0 Å². The van der Waals surface area contributed by atoms with Crippen LogP contribution >= 0.6 is 22.6 Å². The monoisotopic (exact) mass is 260 g/mol. The van der Waals surface area contributed by atoms with Crippen molar-refractivity contribution in [1.82, 2.24) is 9.97 Å². The Morgan fingerprint density at radius 2 is 2.27 bits per heavy atom. The molecule has 0 amide bonds. The molecule has 2 aromatic rings. The van der Waals surface area contributed by atoms with Gasteiger partial charge in [-0.15, -0.1) is 0 Å². The summed E-state index contributed by atoms with van der Waals surface area (Å²) in [6.07, 6.45) is 1.63. The van der Waals surface area contributed by atoms with E-state index in [0.29, 0.717) is 5.71 Å². The van der Waals surface area contributed by atoms with Gasteiger partial charge < -0.3 is 4.42 Å². The van der Waals surface area contributed by atoms with Gasteiger partial charge in [-0.05, 0) is 35.6 Å². The molecule has 4 heteroatoms. The van der Waals surface area contributed by atoms with Gasteiger partial charge in [0.05, 0.1) is 11.6 Å². The molecule has 3 nitrogen and oxygen atoms in total. The molecule has 0 saturated carbocycles. The first-order chi connectivity index (χ1) is 5.27. The highest BCUT2D eigenvalue weighted by molar-refractivity contribution is 14.1. The Balaban J connectivity index is 2.91. The number of rotatable bonds is 0. The van der Waals surface area contributed by atoms with E-state index in [1.807, 2.05) is 13.0 Å². The van der Waals surface area contributed by atoms with Gasteiger partial charge in [0, 0.05) is 0 Å². The van der Waals surface area contributed by atoms with Crippen LogP contribution in [-0.4, -0.2) is 9.97 Å². The summed E-state index contributed by atoms with van der Waals surface area (Å²) < 4.78 is 6.07. The van der Waals surface area contributed by atoms with Crippen LogP contribution in [0.5, 0.6) is 0 Å². The highest BCUT2D eigenvalue weighted by Gasteiger charge is 2.03. The minimum atomic E-state index is 0.668. The fourth-order valence-electron chi connectivity index (χ4n) is 0.919. The van der Waals surface area contributed by atoms with Gasteiger partial charge in [-0.1, -0.05) is 0 Å². The number of hydrogen-bond acceptors (Lipinski definition) is 3. The van der Waals surface area contributed by atoms with E-state index < -0.39 is 0 Å². The van der Waals surface area contributed by atoms with Crippen molar-refractivity contribution in [3.8, 4) is 0 Å². The van der Waals surface area contributed by atoms with E-state index >= 15 is 0 Å². The molecular formula is C7H5IN2O. The van der Waals surface area contributed by atoms with Crippen LogP contribution in [0.15, 0.2) is 16.7 Å². The van der Waals surface area contributed by atoms with E-state index in [9.17, 15) is 0 Å². The normalized spacial score (nSPS) is 10.7. The first kappa shape index (κ1) is 7.02. The second-order valence-corrected chi connectivity index (χ2v) is 3.22. The van der Waals surface area contributed by atoms with Crippen molar-refractivity contribution >= 4 is 33.7 Å². The number of nitrogens with zero attached hydrogens (tertiary/aromatic N) is 2. The van der Waals surface area contributed by atoms with E-state index in [-0.39, 0.29) is 0 Å². The Kier molecular flexibility index (Phi) is 1.56. The predicted molar refractivity (Wildman–Crippen MR) is 49.3 cm³/mol. The molecule has 0 aliphatic heterocycles. The van der Waals surface area contributed by atoms with Gasteiger partial charge in [0.1, 0.15) is 9.53 Å². The summed E-state index contributed by atoms with van der Waals surface area (Å²) in [6, 6.07) is 1.87. The predicted octanol–water partition coefficient (Wildman–Crippen LogP) is 2.14. The second kappa shape index (κ2) is 2.44. The molecule has 0 fully saturated rings. The lowest BCUT2D eigenvalue weighted by atomic mass is 10.4. The summed E-state index contributed by atoms with van der Waals surface area (Å²) >= 11 is 2.17. The fourth-order valence-corrected chi connectivity index (χ4v) is 1.68. The molecule has 0 bridgehead atoms. The number of halogens is 1. The molecule has 0 spiro atoms. The van der Waals surface area contributed by atoms with Crippen LogP contribution in [0.2, 0.25) is 0 Å². The molecule has 0 aliphatic rings. The lowest BCUT2D eigenvalue weighted by Crippen LogP contribution is -1.89. The molecule has 2 aromatic heterocycles. The van der Waals surface area contributed by atoms with Crippen molar-refractivity contribution in [1.29, 1.82) is 0 Å². The van der Waals surface area contributed by atoms with E-state index in [0.717, 1.165) is 14.9 Å². The molecule has 0 saturated heterocycles. The summed E-state index contributed by atoms with van der Waals surface area (Å²) in [5, 5.41) is 0.983. The number of aromatic nitrogens is 2. The quantitative estimate of drug-likeness (QED) is 0.538. The zero-order valence-corrected chi connectivity index (χ0v) is 7.99.